The zero-order valence-corrected chi connectivity index (χ0v) is 13.3. The van der Waals surface area contributed by atoms with Crippen molar-refractivity contribution in [3.05, 3.63) is 15.6 Å². The molecule has 0 fully saturated rings. The zero-order chi connectivity index (χ0) is 13.8. The first kappa shape index (κ1) is 15.6. The average Bonchev–Trinajstić information content (AvgIpc) is 2.60. The third-order valence-corrected chi connectivity index (χ3v) is 4.21. The van der Waals surface area contributed by atoms with Gasteiger partial charge in [0.25, 0.3) is 0 Å². The van der Waals surface area contributed by atoms with Gasteiger partial charge in [-0.25, -0.2) is 4.98 Å². The first-order valence-corrected chi connectivity index (χ1v) is 7.50. The van der Waals surface area contributed by atoms with E-state index in [0.29, 0.717) is 12.5 Å². The summed E-state index contributed by atoms with van der Waals surface area (Å²) in [5.41, 5.74) is 0.847. The summed E-state index contributed by atoms with van der Waals surface area (Å²) in [5.74, 6) is 0.678. The van der Waals surface area contributed by atoms with Crippen LogP contribution in [0.3, 0.4) is 0 Å². The van der Waals surface area contributed by atoms with Crippen LogP contribution in [0.5, 0.6) is 0 Å². The number of rotatable bonds is 7. The van der Waals surface area contributed by atoms with Gasteiger partial charge in [0.1, 0.15) is 10.6 Å². The van der Waals surface area contributed by atoms with Crippen LogP contribution in [0.2, 0.25) is 0 Å². The third-order valence-electron chi connectivity index (χ3n) is 2.75. The molecule has 0 atom stereocenters. The fraction of sp³-hybridized carbons (Fsp3) is 0.786. The SMILES string of the molecule is CCOC(C)(C)c1nc(C)c(CNCC(C)C)s1. The van der Waals surface area contributed by atoms with E-state index in [2.05, 4.69) is 44.9 Å². The summed E-state index contributed by atoms with van der Waals surface area (Å²) in [6.45, 7) is 15.4. The van der Waals surface area contributed by atoms with Crippen LogP contribution < -0.4 is 5.32 Å². The minimum atomic E-state index is -0.277. The Morgan fingerprint density at radius 1 is 1.39 bits per heavy atom. The van der Waals surface area contributed by atoms with Gasteiger partial charge in [-0.3, -0.25) is 0 Å². The molecule has 0 aliphatic rings. The molecule has 0 amide bonds. The van der Waals surface area contributed by atoms with E-state index in [1.165, 1.54) is 4.88 Å². The van der Waals surface area contributed by atoms with Crippen molar-refractivity contribution in [3.8, 4) is 0 Å². The molecule has 3 nitrogen and oxygen atoms in total. The molecule has 0 aliphatic carbocycles. The molecule has 18 heavy (non-hydrogen) atoms. The van der Waals surface area contributed by atoms with E-state index in [4.69, 9.17) is 4.74 Å². The van der Waals surface area contributed by atoms with Gasteiger partial charge in [-0.05, 0) is 40.2 Å². The number of hydrogen-bond donors (Lipinski definition) is 1. The van der Waals surface area contributed by atoms with E-state index in [1.807, 2.05) is 6.92 Å². The molecule has 0 saturated carbocycles. The van der Waals surface area contributed by atoms with Gasteiger partial charge in [0.2, 0.25) is 0 Å². The van der Waals surface area contributed by atoms with Crippen LogP contribution in [-0.2, 0) is 16.9 Å². The quantitative estimate of drug-likeness (QED) is 0.824. The molecule has 0 radical (unpaired) electrons. The van der Waals surface area contributed by atoms with Gasteiger partial charge in [0, 0.05) is 18.0 Å². The Hall–Kier alpha value is -0.450. The smallest absolute Gasteiger partial charge is 0.125 e. The third kappa shape index (κ3) is 4.34. The van der Waals surface area contributed by atoms with Gasteiger partial charge in [-0.2, -0.15) is 0 Å². The summed E-state index contributed by atoms with van der Waals surface area (Å²) in [6.07, 6.45) is 0. The summed E-state index contributed by atoms with van der Waals surface area (Å²) in [6, 6.07) is 0. The van der Waals surface area contributed by atoms with Crippen molar-refractivity contribution >= 4 is 11.3 Å². The van der Waals surface area contributed by atoms with E-state index in [1.54, 1.807) is 11.3 Å². The second-order valence-electron chi connectivity index (χ2n) is 5.50. The van der Waals surface area contributed by atoms with Crippen molar-refractivity contribution in [2.75, 3.05) is 13.2 Å². The van der Waals surface area contributed by atoms with Crippen LogP contribution in [0.25, 0.3) is 0 Å². The first-order chi connectivity index (χ1) is 8.36. The highest BCUT2D eigenvalue weighted by Gasteiger charge is 2.25. The monoisotopic (exact) mass is 270 g/mol. The highest BCUT2D eigenvalue weighted by Crippen LogP contribution is 2.30. The Bertz CT molecular complexity index is 372. The number of aromatic nitrogens is 1. The normalized spacial score (nSPS) is 12.4. The lowest BCUT2D eigenvalue weighted by molar-refractivity contribution is -0.0142. The summed E-state index contributed by atoms with van der Waals surface area (Å²) in [4.78, 5) is 5.97. The van der Waals surface area contributed by atoms with Crippen molar-refractivity contribution in [3.63, 3.8) is 0 Å². The van der Waals surface area contributed by atoms with E-state index in [0.717, 1.165) is 23.8 Å². The van der Waals surface area contributed by atoms with Crippen molar-refractivity contribution in [2.24, 2.45) is 5.92 Å². The predicted molar refractivity (Wildman–Crippen MR) is 78.0 cm³/mol. The molecule has 1 rings (SSSR count). The second kappa shape index (κ2) is 6.64. The van der Waals surface area contributed by atoms with Crippen molar-refractivity contribution in [2.45, 2.75) is 53.7 Å². The van der Waals surface area contributed by atoms with Crippen LogP contribution in [0.1, 0.15) is 50.2 Å². The zero-order valence-electron chi connectivity index (χ0n) is 12.5. The molecule has 1 heterocycles. The number of nitrogens with zero attached hydrogens (tertiary/aromatic N) is 1. The molecule has 4 heteroatoms. The average molecular weight is 270 g/mol. The van der Waals surface area contributed by atoms with Crippen LogP contribution >= 0.6 is 11.3 Å². The predicted octanol–water partition coefficient (Wildman–Crippen LogP) is 3.47. The highest BCUT2D eigenvalue weighted by molar-refractivity contribution is 7.11. The maximum atomic E-state index is 5.75. The van der Waals surface area contributed by atoms with Gasteiger partial charge in [-0.1, -0.05) is 13.8 Å². The first-order valence-electron chi connectivity index (χ1n) is 6.68. The molecule has 0 spiro atoms. The Labute approximate surface area is 115 Å². The largest absolute Gasteiger partial charge is 0.369 e. The summed E-state index contributed by atoms with van der Waals surface area (Å²) >= 11 is 1.76. The fourth-order valence-electron chi connectivity index (χ4n) is 1.75. The maximum absolute atomic E-state index is 5.75. The van der Waals surface area contributed by atoms with Gasteiger partial charge < -0.3 is 10.1 Å². The van der Waals surface area contributed by atoms with Gasteiger partial charge in [0.15, 0.2) is 0 Å². The minimum absolute atomic E-state index is 0.277. The topological polar surface area (TPSA) is 34.1 Å². The molecular formula is C14H26N2OS. The number of nitrogens with one attached hydrogen (secondary N) is 1. The van der Waals surface area contributed by atoms with Gasteiger partial charge in [0.05, 0.1) is 5.69 Å². The second-order valence-corrected chi connectivity index (χ2v) is 6.58. The lowest BCUT2D eigenvalue weighted by atomic mass is 10.1. The maximum Gasteiger partial charge on any atom is 0.125 e. The molecule has 1 aromatic rings. The number of aryl methyl sites for hydroxylation is 1. The Balaban J connectivity index is 2.69. The van der Waals surface area contributed by atoms with Crippen molar-refractivity contribution in [1.29, 1.82) is 0 Å². The summed E-state index contributed by atoms with van der Waals surface area (Å²) < 4.78 is 5.75. The number of hydrogen-bond acceptors (Lipinski definition) is 4. The molecule has 0 aliphatic heterocycles. The highest BCUT2D eigenvalue weighted by atomic mass is 32.1. The van der Waals surface area contributed by atoms with Crippen LogP contribution in [0.15, 0.2) is 0 Å². The molecule has 0 aromatic carbocycles. The van der Waals surface area contributed by atoms with E-state index >= 15 is 0 Å². The molecule has 0 unspecified atom stereocenters. The summed E-state index contributed by atoms with van der Waals surface area (Å²) in [7, 11) is 0. The fourth-order valence-corrected chi connectivity index (χ4v) is 2.83. The van der Waals surface area contributed by atoms with Crippen molar-refractivity contribution < 1.29 is 4.74 Å². The molecular weight excluding hydrogens is 244 g/mol. The molecule has 1 N–H and O–H groups in total. The summed E-state index contributed by atoms with van der Waals surface area (Å²) in [5, 5.41) is 4.54. The lowest BCUT2D eigenvalue weighted by Gasteiger charge is -2.21. The van der Waals surface area contributed by atoms with Crippen LogP contribution in [0, 0.1) is 12.8 Å². The molecule has 0 bridgehead atoms. The van der Waals surface area contributed by atoms with Crippen LogP contribution in [-0.4, -0.2) is 18.1 Å². The Kier molecular flexibility index (Phi) is 5.76. The van der Waals surface area contributed by atoms with Crippen molar-refractivity contribution in [1.82, 2.24) is 10.3 Å². The van der Waals surface area contributed by atoms with E-state index in [-0.39, 0.29) is 5.60 Å². The van der Waals surface area contributed by atoms with Crippen LogP contribution in [0.4, 0.5) is 0 Å². The standard InChI is InChI=1S/C14H26N2OS/c1-7-17-14(5,6)13-16-11(4)12(18-13)9-15-8-10(2)3/h10,15H,7-9H2,1-6H3. The van der Waals surface area contributed by atoms with Gasteiger partial charge >= 0.3 is 0 Å². The minimum Gasteiger partial charge on any atom is -0.369 e. The lowest BCUT2D eigenvalue weighted by Crippen LogP contribution is -2.21. The molecule has 1 aromatic heterocycles. The van der Waals surface area contributed by atoms with E-state index < -0.39 is 0 Å². The van der Waals surface area contributed by atoms with E-state index in [9.17, 15) is 0 Å². The Morgan fingerprint density at radius 2 is 2.06 bits per heavy atom. The van der Waals surface area contributed by atoms with Gasteiger partial charge in [-0.15, -0.1) is 11.3 Å². The molecule has 104 valence electrons. The number of thiazole rings is 1. The Morgan fingerprint density at radius 3 is 2.61 bits per heavy atom. The molecule has 0 saturated heterocycles. The number of ether oxygens (including phenoxy) is 1.